The molecule has 1 aliphatic carbocycles. The van der Waals surface area contributed by atoms with E-state index in [1.807, 2.05) is 6.07 Å². The Bertz CT molecular complexity index is 588. The lowest BCUT2D eigenvalue weighted by Gasteiger charge is -2.44. The summed E-state index contributed by atoms with van der Waals surface area (Å²) in [4.78, 5) is 4.74. The van der Waals surface area contributed by atoms with E-state index in [-0.39, 0.29) is 11.6 Å². The number of nitrogens with one attached hydrogen (secondary N) is 1. The third-order valence-corrected chi connectivity index (χ3v) is 6.17. The zero-order valence-corrected chi connectivity index (χ0v) is 13.3. The monoisotopic (exact) mass is 302 g/mol. The predicted octanol–water partition coefficient (Wildman–Crippen LogP) is 3.91. The van der Waals surface area contributed by atoms with E-state index < -0.39 is 0 Å². The van der Waals surface area contributed by atoms with Crippen LogP contribution in [0.2, 0.25) is 0 Å². The third-order valence-electron chi connectivity index (χ3n) is 5.04. The SMILES string of the molecule is CC1CCC2(CC1)COC(c1nc3ccccc3s1)CN2. The van der Waals surface area contributed by atoms with Crippen LogP contribution in [0.5, 0.6) is 0 Å². The summed E-state index contributed by atoms with van der Waals surface area (Å²) in [5, 5.41) is 4.90. The van der Waals surface area contributed by atoms with Crippen LogP contribution in [0.3, 0.4) is 0 Å². The Morgan fingerprint density at radius 2 is 2.10 bits per heavy atom. The van der Waals surface area contributed by atoms with E-state index in [0.717, 1.165) is 29.6 Å². The van der Waals surface area contributed by atoms with Crippen LogP contribution in [0.1, 0.15) is 43.7 Å². The highest BCUT2D eigenvalue weighted by Crippen LogP contribution is 2.37. The molecule has 1 aromatic carbocycles. The molecule has 1 N–H and O–H groups in total. The van der Waals surface area contributed by atoms with Gasteiger partial charge in [0.15, 0.2) is 0 Å². The first-order valence-corrected chi connectivity index (χ1v) is 8.78. The van der Waals surface area contributed by atoms with Crippen molar-refractivity contribution in [3.8, 4) is 0 Å². The summed E-state index contributed by atoms with van der Waals surface area (Å²) in [6.07, 6.45) is 5.26. The van der Waals surface area contributed by atoms with Crippen molar-refractivity contribution in [2.45, 2.75) is 44.2 Å². The molecule has 1 spiro atoms. The summed E-state index contributed by atoms with van der Waals surface area (Å²) >= 11 is 1.76. The van der Waals surface area contributed by atoms with Gasteiger partial charge in [-0.2, -0.15) is 0 Å². The quantitative estimate of drug-likeness (QED) is 0.867. The van der Waals surface area contributed by atoms with Gasteiger partial charge in [-0.3, -0.25) is 0 Å². The number of ether oxygens (including phenoxy) is 1. The van der Waals surface area contributed by atoms with Crippen LogP contribution in [0.25, 0.3) is 10.2 Å². The largest absolute Gasteiger partial charge is 0.368 e. The standard InChI is InChI=1S/C17H22N2OS/c1-12-6-8-17(9-7-12)11-20-14(10-18-17)16-19-13-4-2-3-5-15(13)21-16/h2-5,12,14,18H,6-11H2,1H3. The molecule has 0 amide bonds. The van der Waals surface area contributed by atoms with E-state index >= 15 is 0 Å². The molecule has 2 aromatic rings. The van der Waals surface area contributed by atoms with E-state index in [9.17, 15) is 0 Å². The Balaban J connectivity index is 1.47. The topological polar surface area (TPSA) is 34.1 Å². The Labute approximate surface area is 129 Å². The Kier molecular flexibility index (Phi) is 3.48. The molecule has 4 rings (SSSR count). The zero-order chi connectivity index (χ0) is 14.3. The van der Waals surface area contributed by atoms with Gasteiger partial charge in [-0.1, -0.05) is 19.1 Å². The van der Waals surface area contributed by atoms with Crippen LogP contribution in [0.4, 0.5) is 0 Å². The van der Waals surface area contributed by atoms with Crippen molar-refractivity contribution < 1.29 is 4.74 Å². The molecular formula is C17H22N2OS. The Morgan fingerprint density at radius 1 is 1.29 bits per heavy atom. The molecule has 0 bridgehead atoms. The number of benzene rings is 1. The van der Waals surface area contributed by atoms with Crippen molar-refractivity contribution in [2.24, 2.45) is 5.92 Å². The maximum Gasteiger partial charge on any atom is 0.124 e. The van der Waals surface area contributed by atoms with E-state index in [1.165, 1.54) is 30.4 Å². The molecule has 3 nitrogen and oxygen atoms in total. The van der Waals surface area contributed by atoms with Gasteiger partial charge >= 0.3 is 0 Å². The van der Waals surface area contributed by atoms with Crippen molar-refractivity contribution in [3.63, 3.8) is 0 Å². The van der Waals surface area contributed by atoms with Gasteiger partial charge in [0.25, 0.3) is 0 Å². The van der Waals surface area contributed by atoms with Gasteiger partial charge in [-0.15, -0.1) is 11.3 Å². The number of morpholine rings is 1. The number of hydrogen-bond acceptors (Lipinski definition) is 4. The molecule has 4 heteroatoms. The fraction of sp³-hybridized carbons (Fsp3) is 0.588. The summed E-state index contributed by atoms with van der Waals surface area (Å²) in [7, 11) is 0. The minimum atomic E-state index is 0.118. The molecule has 21 heavy (non-hydrogen) atoms. The molecule has 1 aromatic heterocycles. The molecule has 0 radical (unpaired) electrons. The van der Waals surface area contributed by atoms with Crippen molar-refractivity contribution in [1.29, 1.82) is 0 Å². The highest BCUT2D eigenvalue weighted by Gasteiger charge is 2.39. The number of fused-ring (bicyclic) bond motifs is 1. The molecule has 1 atom stereocenters. The summed E-state index contributed by atoms with van der Waals surface area (Å²) < 4.78 is 7.46. The number of para-hydroxylation sites is 1. The first-order valence-electron chi connectivity index (χ1n) is 7.96. The van der Waals surface area contributed by atoms with Gasteiger partial charge in [0.1, 0.15) is 11.1 Å². The second-order valence-corrected chi connectivity index (χ2v) is 7.73. The first kappa shape index (κ1) is 13.7. The van der Waals surface area contributed by atoms with E-state index in [4.69, 9.17) is 9.72 Å². The van der Waals surface area contributed by atoms with Gasteiger partial charge in [0.2, 0.25) is 0 Å². The molecular weight excluding hydrogens is 280 g/mol. The van der Waals surface area contributed by atoms with Crippen molar-refractivity contribution in [3.05, 3.63) is 29.3 Å². The van der Waals surface area contributed by atoms with Crippen LogP contribution >= 0.6 is 11.3 Å². The average Bonchev–Trinajstić information content (AvgIpc) is 2.95. The molecule has 112 valence electrons. The zero-order valence-electron chi connectivity index (χ0n) is 12.5. The fourth-order valence-electron chi connectivity index (χ4n) is 3.50. The molecule has 2 heterocycles. The summed E-state index contributed by atoms with van der Waals surface area (Å²) in [5.74, 6) is 0.874. The Hall–Kier alpha value is -0.970. The number of thiazole rings is 1. The maximum absolute atomic E-state index is 6.21. The minimum absolute atomic E-state index is 0.118. The van der Waals surface area contributed by atoms with Crippen molar-refractivity contribution in [2.75, 3.05) is 13.2 Å². The molecule has 2 aliphatic rings. The van der Waals surface area contributed by atoms with E-state index in [0.29, 0.717) is 0 Å². The molecule has 2 fully saturated rings. The van der Waals surface area contributed by atoms with Gasteiger partial charge in [0, 0.05) is 12.1 Å². The summed E-state index contributed by atoms with van der Waals surface area (Å²) in [6.45, 7) is 4.09. The van der Waals surface area contributed by atoms with Gasteiger partial charge in [-0.05, 0) is 43.7 Å². The molecule has 1 saturated heterocycles. The maximum atomic E-state index is 6.21. The lowest BCUT2D eigenvalue weighted by atomic mass is 9.77. The Morgan fingerprint density at radius 3 is 2.81 bits per heavy atom. The van der Waals surface area contributed by atoms with Crippen LogP contribution in [-0.4, -0.2) is 23.7 Å². The van der Waals surface area contributed by atoms with E-state index in [2.05, 4.69) is 30.4 Å². The van der Waals surface area contributed by atoms with Gasteiger partial charge < -0.3 is 10.1 Å². The van der Waals surface area contributed by atoms with Crippen molar-refractivity contribution in [1.82, 2.24) is 10.3 Å². The second kappa shape index (κ2) is 5.34. The van der Waals surface area contributed by atoms with Crippen LogP contribution in [0, 0.1) is 5.92 Å². The highest BCUT2D eigenvalue weighted by atomic mass is 32.1. The van der Waals surface area contributed by atoms with Crippen LogP contribution in [0.15, 0.2) is 24.3 Å². The molecule has 1 unspecified atom stereocenters. The summed E-state index contributed by atoms with van der Waals surface area (Å²) in [6, 6.07) is 8.33. The normalized spacial score (nSPS) is 33.6. The number of nitrogens with zero attached hydrogens (tertiary/aromatic N) is 1. The van der Waals surface area contributed by atoms with E-state index in [1.54, 1.807) is 11.3 Å². The minimum Gasteiger partial charge on any atom is -0.368 e. The fourth-order valence-corrected chi connectivity index (χ4v) is 4.52. The predicted molar refractivity (Wildman–Crippen MR) is 86.7 cm³/mol. The highest BCUT2D eigenvalue weighted by molar-refractivity contribution is 7.18. The number of hydrogen-bond donors (Lipinski definition) is 1. The molecule has 1 saturated carbocycles. The third kappa shape index (κ3) is 2.60. The lowest BCUT2D eigenvalue weighted by molar-refractivity contribution is -0.0503. The van der Waals surface area contributed by atoms with Gasteiger partial charge in [0.05, 0.1) is 16.8 Å². The van der Waals surface area contributed by atoms with Crippen LogP contribution in [-0.2, 0) is 4.74 Å². The first-order chi connectivity index (χ1) is 10.2. The second-order valence-electron chi connectivity index (χ2n) is 6.66. The number of rotatable bonds is 1. The van der Waals surface area contributed by atoms with Crippen LogP contribution < -0.4 is 5.32 Å². The summed E-state index contributed by atoms with van der Waals surface area (Å²) in [5.41, 5.74) is 1.33. The van der Waals surface area contributed by atoms with Crippen molar-refractivity contribution >= 4 is 21.6 Å². The number of aromatic nitrogens is 1. The molecule has 1 aliphatic heterocycles. The average molecular weight is 302 g/mol. The van der Waals surface area contributed by atoms with Gasteiger partial charge in [-0.25, -0.2) is 4.98 Å². The lowest BCUT2D eigenvalue weighted by Crippen LogP contribution is -2.56. The smallest absolute Gasteiger partial charge is 0.124 e.